The zero-order valence-electron chi connectivity index (χ0n) is 5.00. The fourth-order valence-electron chi connectivity index (χ4n) is 0.566. The standard InChI is InChI=1S/C6H6ClNOS/c7-3-1-4(8)6(10)2-5(3)9/h1-2,9-10H,8H2. The van der Waals surface area contributed by atoms with E-state index in [2.05, 4.69) is 12.6 Å². The van der Waals surface area contributed by atoms with Gasteiger partial charge in [0.15, 0.2) is 0 Å². The van der Waals surface area contributed by atoms with Crippen LogP contribution in [0.3, 0.4) is 0 Å². The van der Waals surface area contributed by atoms with E-state index >= 15 is 0 Å². The van der Waals surface area contributed by atoms with Gasteiger partial charge in [-0.25, -0.2) is 0 Å². The smallest absolute Gasteiger partial charge is 0.135 e. The SMILES string of the molecule is Nc1cc(Cl)c(O)cc1S. The summed E-state index contributed by atoms with van der Waals surface area (Å²) < 4.78 is 0. The molecule has 0 bridgehead atoms. The highest BCUT2D eigenvalue weighted by molar-refractivity contribution is 7.80. The molecule has 0 aliphatic rings. The third-order valence-electron chi connectivity index (χ3n) is 1.10. The second kappa shape index (κ2) is 2.60. The molecule has 0 aromatic heterocycles. The van der Waals surface area contributed by atoms with Crippen LogP contribution in [0.2, 0.25) is 5.02 Å². The summed E-state index contributed by atoms with van der Waals surface area (Å²) >= 11 is 9.49. The third kappa shape index (κ3) is 1.30. The van der Waals surface area contributed by atoms with Crippen LogP contribution in [-0.4, -0.2) is 5.11 Å². The van der Waals surface area contributed by atoms with Gasteiger partial charge < -0.3 is 10.8 Å². The van der Waals surface area contributed by atoms with E-state index in [0.29, 0.717) is 10.6 Å². The Bertz CT molecular complexity index is 214. The minimum absolute atomic E-state index is 0.000802. The first-order valence-electron chi connectivity index (χ1n) is 2.58. The lowest BCUT2D eigenvalue weighted by atomic mass is 10.3. The number of nitrogens with two attached hydrogens (primary N) is 1. The lowest BCUT2D eigenvalue weighted by Gasteiger charge is -2.00. The zero-order valence-corrected chi connectivity index (χ0v) is 6.65. The van der Waals surface area contributed by atoms with Gasteiger partial charge >= 0.3 is 0 Å². The number of anilines is 1. The maximum absolute atomic E-state index is 8.99. The molecule has 1 aromatic carbocycles. The lowest BCUT2D eigenvalue weighted by molar-refractivity contribution is 0.474. The lowest BCUT2D eigenvalue weighted by Crippen LogP contribution is -1.85. The van der Waals surface area contributed by atoms with Gasteiger partial charge in [-0.05, 0) is 12.1 Å². The molecule has 54 valence electrons. The number of phenolic OH excluding ortho intramolecular Hbond substituents is 1. The van der Waals surface area contributed by atoms with Crippen molar-refractivity contribution < 1.29 is 5.11 Å². The molecule has 1 aromatic rings. The number of aromatic hydroxyl groups is 1. The van der Waals surface area contributed by atoms with Gasteiger partial charge in [0.05, 0.1) is 5.02 Å². The maximum atomic E-state index is 8.99. The van der Waals surface area contributed by atoms with Crippen molar-refractivity contribution >= 4 is 29.9 Å². The Labute approximate surface area is 69.0 Å². The number of benzene rings is 1. The molecule has 0 heterocycles. The molecule has 0 atom stereocenters. The highest BCUT2D eigenvalue weighted by Crippen LogP contribution is 2.29. The minimum Gasteiger partial charge on any atom is -0.506 e. The second-order valence-corrected chi connectivity index (χ2v) is 2.75. The van der Waals surface area contributed by atoms with Crippen LogP contribution in [0.4, 0.5) is 5.69 Å². The topological polar surface area (TPSA) is 46.2 Å². The summed E-state index contributed by atoms with van der Waals surface area (Å²) in [6, 6.07) is 2.86. The molecular formula is C6H6ClNOS. The molecule has 10 heavy (non-hydrogen) atoms. The van der Waals surface area contributed by atoms with E-state index in [1.807, 2.05) is 0 Å². The summed E-state index contributed by atoms with van der Waals surface area (Å²) in [7, 11) is 0. The molecule has 0 amide bonds. The van der Waals surface area contributed by atoms with Gasteiger partial charge in [0, 0.05) is 10.6 Å². The Morgan fingerprint density at radius 3 is 2.60 bits per heavy atom. The van der Waals surface area contributed by atoms with Crippen LogP contribution >= 0.6 is 24.2 Å². The quantitative estimate of drug-likeness (QED) is 0.321. The molecule has 1 rings (SSSR count). The van der Waals surface area contributed by atoms with Crippen LogP contribution in [-0.2, 0) is 0 Å². The van der Waals surface area contributed by atoms with Gasteiger partial charge in [-0.15, -0.1) is 12.6 Å². The van der Waals surface area contributed by atoms with E-state index in [1.165, 1.54) is 12.1 Å². The summed E-state index contributed by atoms with van der Waals surface area (Å²) in [5.74, 6) is 0.000802. The maximum Gasteiger partial charge on any atom is 0.135 e. The number of hydrogen-bond donors (Lipinski definition) is 3. The van der Waals surface area contributed by atoms with Crippen LogP contribution in [0.25, 0.3) is 0 Å². The molecular weight excluding hydrogens is 170 g/mol. The van der Waals surface area contributed by atoms with Crippen molar-refractivity contribution in [1.29, 1.82) is 0 Å². The molecule has 0 fully saturated rings. The van der Waals surface area contributed by atoms with E-state index in [1.54, 1.807) is 0 Å². The predicted octanol–water partition coefficient (Wildman–Crippen LogP) is 1.92. The van der Waals surface area contributed by atoms with E-state index in [9.17, 15) is 0 Å². The number of nitrogen functional groups attached to an aromatic ring is 1. The van der Waals surface area contributed by atoms with Gasteiger partial charge in [-0.2, -0.15) is 0 Å². The largest absolute Gasteiger partial charge is 0.506 e. The summed E-state index contributed by atoms with van der Waals surface area (Å²) in [6.45, 7) is 0. The average Bonchev–Trinajstić information content (AvgIpc) is 1.84. The van der Waals surface area contributed by atoms with Crippen molar-refractivity contribution in [3.63, 3.8) is 0 Å². The number of rotatable bonds is 0. The average molecular weight is 176 g/mol. The van der Waals surface area contributed by atoms with Crippen LogP contribution in [0.5, 0.6) is 5.75 Å². The highest BCUT2D eigenvalue weighted by Gasteiger charge is 2.00. The van der Waals surface area contributed by atoms with Crippen LogP contribution in [0.1, 0.15) is 0 Å². The van der Waals surface area contributed by atoms with Gasteiger partial charge in [-0.3, -0.25) is 0 Å². The van der Waals surface area contributed by atoms with Crippen LogP contribution in [0.15, 0.2) is 17.0 Å². The highest BCUT2D eigenvalue weighted by atomic mass is 35.5. The number of phenols is 1. The second-order valence-electron chi connectivity index (χ2n) is 1.86. The van der Waals surface area contributed by atoms with Gasteiger partial charge in [0.1, 0.15) is 5.75 Å². The van der Waals surface area contributed by atoms with Crippen molar-refractivity contribution in [2.75, 3.05) is 5.73 Å². The molecule has 0 aliphatic heterocycles. The molecule has 2 nitrogen and oxygen atoms in total. The molecule has 0 spiro atoms. The summed E-state index contributed by atoms with van der Waals surface area (Å²) in [4.78, 5) is 0.530. The molecule has 3 N–H and O–H groups in total. The summed E-state index contributed by atoms with van der Waals surface area (Å²) in [6.07, 6.45) is 0. The van der Waals surface area contributed by atoms with Crippen LogP contribution < -0.4 is 5.73 Å². The predicted molar refractivity (Wildman–Crippen MR) is 44.8 cm³/mol. The minimum atomic E-state index is 0.000802. The van der Waals surface area contributed by atoms with E-state index in [4.69, 9.17) is 22.4 Å². The first-order chi connectivity index (χ1) is 4.61. The zero-order chi connectivity index (χ0) is 7.72. The normalized spacial score (nSPS) is 9.80. The van der Waals surface area contributed by atoms with Crippen LogP contribution in [0, 0.1) is 0 Å². The van der Waals surface area contributed by atoms with Crippen molar-refractivity contribution in [3.05, 3.63) is 17.2 Å². The van der Waals surface area contributed by atoms with E-state index in [0.717, 1.165) is 0 Å². The van der Waals surface area contributed by atoms with Gasteiger partial charge in [0.25, 0.3) is 0 Å². The van der Waals surface area contributed by atoms with E-state index < -0.39 is 0 Å². The fraction of sp³-hybridized carbons (Fsp3) is 0. The van der Waals surface area contributed by atoms with Crippen molar-refractivity contribution in [2.45, 2.75) is 4.90 Å². The third-order valence-corrected chi connectivity index (χ3v) is 1.79. The van der Waals surface area contributed by atoms with E-state index in [-0.39, 0.29) is 10.8 Å². The number of halogens is 1. The van der Waals surface area contributed by atoms with Crippen molar-refractivity contribution in [1.82, 2.24) is 0 Å². The fourth-order valence-corrected chi connectivity index (χ4v) is 0.925. The first kappa shape index (κ1) is 7.57. The Morgan fingerprint density at radius 1 is 1.50 bits per heavy atom. The molecule has 4 heteroatoms. The summed E-state index contributed by atoms with van der Waals surface area (Å²) in [5.41, 5.74) is 5.88. The molecule has 0 aliphatic carbocycles. The molecule has 0 radical (unpaired) electrons. The Hall–Kier alpha value is -0.540. The Kier molecular flexibility index (Phi) is 1.97. The number of thiol groups is 1. The molecule has 0 saturated heterocycles. The van der Waals surface area contributed by atoms with Gasteiger partial charge in [0.2, 0.25) is 0 Å². The monoisotopic (exact) mass is 175 g/mol. The Balaban J connectivity index is 3.28. The Morgan fingerprint density at radius 2 is 2.10 bits per heavy atom. The van der Waals surface area contributed by atoms with Crippen molar-refractivity contribution in [3.8, 4) is 5.75 Å². The summed E-state index contributed by atoms with van der Waals surface area (Å²) in [5, 5.41) is 9.23. The van der Waals surface area contributed by atoms with Crippen molar-refractivity contribution in [2.24, 2.45) is 0 Å². The molecule has 0 saturated carbocycles. The first-order valence-corrected chi connectivity index (χ1v) is 3.40. The number of hydrogen-bond acceptors (Lipinski definition) is 3. The molecule has 0 unspecified atom stereocenters. The van der Waals surface area contributed by atoms with Gasteiger partial charge in [-0.1, -0.05) is 11.6 Å².